The summed E-state index contributed by atoms with van der Waals surface area (Å²) in [6.07, 6.45) is 0. The molecule has 13 nitrogen and oxygen atoms in total. The van der Waals surface area contributed by atoms with Gasteiger partial charge in [0, 0.05) is 16.3 Å². The van der Waals surface area contributed by atoms with Crippen LogP contribution in [0.5, 0.6) is 0 Å². The Bertz CT molecular complexity index is 1360. The first kappa shape index (κ1) is 25.9. The quantitative estimate of drug-likeness (QED) is 0.140. The molecule has 17 heteroatoms. The molecule has 2 atom stereocenters. The highest BCUT2D eigenvalue weighted by atomic mass is 35.5. The van der Waals surface area contributed by atoms with Crippen molar-refractivity contribution in [1.29, 1.82) is 0 Å². The largest absolute Gasteiger partial charge is 0.398 e. The van der Waals surface area contributed by atoms with Crippen LogP contribution in [0, 0.1) is 0 Å². The molecule has 0 saturated heterocycles. The topological polar surface area (TPSA) is 207 Å². The Morgan fingerprint density at radius 1 is 1.03 bits per heavy atom. The fourth-order valence-electron chi connectivity index (χ4n) is 2.60. The summed E-state index contributed by atoms with van der Waals surface area (Å²) in [4.78, 5) is 12.1. The van der Waals surface area contributed by atoms with Crippen LogP contribution < -0.4 is 16.4 Å². The molecule has 6 N–H and O–H groups in total. The summed E-state index contributed by atoms with van der Waals surface area (Å²) in [6.45, 7) is -0.165. The normalized spacial score (nSPS) is 13.3. The van der Waals surface area contributed by atoms with E-state index in [9.17, 15) is 16.8 Å². The van der Waals surface area contributed by atoms with Crippen molar-refractivity contribution in [3.05, 3.63) is 47.7 Å². The minimum Gasteiger partial charge on any atom is -0.398 e. The van der Waals surface area contributed by atoms with E-state index in [4.69, 9.17) is 26.4 Å². The lowest BCUT2D eigenvalue weighted by Crippen LogP contribution is -2.08. The molecule has 0 amide bonds. The predicted octanol–water partition coefficient (Wildman–Crippen LogP) is 2.10. The fraction of sp³-hybridized carbons (Fsp3) is 0.118. The van der Waals surface area contributed by atoms with Gasteiger partial charge in [-0.1, -0.05) is 6.07 Å². The Kier molecular flexibility index (Phi) is 8.47. The smallest absolute Gasteiger partial charge is 0.301 e. The molecule has 34 heavy (non-hydrogen) atoms. The Labute approximate surface area is 203 Å². The molecule has 0 spiro atoms. The van der Waals surface area contributed by atoms with Gasteiger partial charge >= 0.3 is 11.4 Å². The maximum absolute atomic E-state index is 12.3. The number of nitrogens with one attached hydrogen (secondary N) is 2. The Balaban J connectivity index is 1.75. The Morgan fingerprint density at radius 2 is 1.68 bits per heavy atom. The zero-order valence-electron chi connectivity index (χ0n) is 16.9. The number of hydrogen-bond donors (Lipinski definition) is 5. The van der Waals surface area contributed by atoms with Gasteiger partial charge < -0.3 is 16.4 Å². The van der Waals surface area contributed by atoms with E-state index >= 15 is 0 Å². The molecule has 2 unspecified atom stereocenters. The van der Waals surface area contributed by atoms with Gasteiger partial charge in [0.2, 0.25) is 17.2 Å². The number of halogens is 1. The monoisotopic (exact) mass is 548 g/mol. The third-order valence-corrected chi connectivity index (χ3v) is 6.74. The number of hydrogen-bond acceptors (Lipinski definition) is 11. The highest BCUT2D eigenvalue weighted by Crippen LogP contribution is 2.25. The highest BCUT2D eigenvalue weighted by Gasteiger charge is 2.15. The van der Waals surface area contributed by atoms with E-state index in [2.05, 4.69) is 29.8 Å². The minimum atomic E-state index is -4.47. The van der Waals surface area contributed by atoms with Crippen LogP contribution >= 0.6 is 11.6 Å². The van der Waals surface area contributed by atoms with Crippen LogP contribution in [0.3, 0.4) is 0 Å². The lowest BCUT2D eigenvalue weighted by Gasteiger charge is -2.10. The molecule has 182 valence electrons. The molecule has 1 aromatic heterocycles. The van der Waals surface area contributed by atoms with Gasteiger partial charge in [-0.25, -0.2) is 0 Å². The van der Waals surface area contributed by atoms with Gasteiger partial charge in [0.05, 0.1) is 28.8 Å². The highest BCUT2D eigenvalue weighted by molar-refractivity contribution is 7.86. The van der Waals surface area contributed by atoms with Gasteiger partial charge in [-0.2, -0.15) is 27.6 Å². The minimum absolute atomic E-state index is 0.00962. The van der Waals surface area contributed by atoms with Gasteiger partial charge in [-0.3, -0.25) is 17.5 Å². The number of nitrogens with zero attached hydrogens (tertiary/aromatic N) is 3. The summed E-state index contributed by atoms with van der Waals surface area (Å²) in [6, 6.07) is 10.2. The van der Waals surface area contributed by atoms with E-state index in [1.54, 1.807) is 24.3 Å². The second-order valence-corrected chi connectivity index (χ2v) is 10.3. The van der Waals surface area contributed by atoms with Crippen LogP contribution in [-0.4, -0.2) is 53.3 Å². The van der Waals surface area contributed by atoms with Crippen LogP contribution in [0.15, 0.2) is 52.3 Å². The summed E-state index contributed by atoms with van der Waals surface area (Å²) >= 11 is 3.55. The number of rotatable bonds is 10. The van der Waals surface area contributed by atoms with Crippen molar-refractivity contribution >= 4 is 72.8 Å². The SMILES string of the molecule is Nc1cc(Nc2nc(Cl)nc(Nc3cccc(S(=O)CCOS(=O)O)c3)n2)ccc1S(=O)(=O)O. The molecule has 3 rings (SSSR count). The van der Waals surface area contributed by atoms with E-state index in [1.807, 2.05) is 0 Å². The second-order valence-electron chi connectivity index (χ2n) is 6.35. The summed E-state index contributed by atoms with van der Waals surface area (Å²) in [5, 5.41) is 5.55. The summed E-state index contributed by atoms with van der Waals surface area (Å²) in [5.41, 5.74) is 6.29. The van der Waals surface area contributed by atoms with Gasteiger partial charge in [0.25, 0.3) is 10.1 Å². The number of aromatic nitrogens is 3. The summed E-state index contributed by atoms with van der Waals surface area (Å²) in [5.74, 6) is 0.0725. The van der Waals surface area contributed by atoms with Gasteiger partial charge in [0.1, 0.15) is 4.90 Å². The molecular formula is C17H17ClN6O7S3. The Hall–Kier alpha value is -2.73. The number of benzene rings is 2. The van der Waals surface area contributed by atoms with Crippen molar-refractivity contribution in [1.82, 2.24) is 15.0 Å². The van der Waals surface area contributed by atoms with Crippen molar-refractivity contribution in [2.45, 2.75) is 9.79 Å². The van der Waals surface area contributed by atoms with E-state index in [1.165, 1.54) is 12.1 Å². The van der Waals surface area contributed by atoms with Crippen LogP contribution in [0.25, 0.3) is 0 Å². The standard InChI is InChI=1S/C17H17ClN6O7S3/c18-15-22-16(20-10-2-1-3-12(8-10)32(25)7-6-31-33(26)27)24-17(23-15)21-11-4-5-14(13(19)9-11)34(28,29)30/h1-5,8-9H,6-7,19H2,(H,26,27)(H,28,29,30)(H2,20,21,22,23,24). The van der Waals surface area contributed by atoms with Gasteiger partial charge in [0.15, 0.2) is 0 Å². The van der Waals surface area contributed by atoms with E-state index in [0.717, 1.165) is 6.07 Å². The van der Waals surface area contributed by atoms with E-state index in [0.29, 0.717) is 16.3 Å². The zero-order valence-corrected chi connectivity index (χ0v) is 20.1. The molecule has 0 saturated carbocycles. The number of anilines is 5. The number of nitrogen functional groups attached to an aromatic ring is 1. The first-order chi connectivity index (χ1) is 16.0. The molecule has 0 aliphatic rings. The van der Waals surface area contributed by atoms with Crippen LogP contribution in [-0.2, 0) is 36.5 Å². The molecule has 2 aromatic carbocycles. The first-order valence-electron chi connectivity index (χ1n) is 9.06. The maximum atomic E-state index is 12.3. The maximum Gasteiger partial charge on any atom is 0.301 e. The van der Waals surface area contributed by atoms with Crippen molar-refractivity contribution in [3.63, 3.8) is 0 Å². The molecule has 0 aliphatic heterocycles. The summed E-state index contributed by atoms with van der Waals surface area (Å²) < 4.78 is 67.7. The van der Waals surface area contributed by atoms with E-state index in [-0.39, 0.29) is 35.2 Å². The van der Waals surface area contributed by atoms with Gasteiger partial charge in [-0.15, -0.1) is 0 Å². The van der Waals surface area contributed by atoms with E-state index < -0.39 is 37.2 Å². The van der Waals surface area contributed by atoms with Gasteiger partial charge in [-0.05, 0) is 48.0 Å². The predicted molar refractivity (Wildman–Crippen MR) is 127 cm³/mol. The number of nitrogens with two attached hydrogens (primary N) is 1. The molecule has 0 aliphatic carbocycles. The molecule has 0 radical (unpaired) electrons. The van der Waals surface area contributed by atoms with Crippen LogP contribution in [0.2, 0.25) is 5.28 Å². The van der Waals surface area contributed by atoms with Crippen LogP contribution in [0.1, 0.15) is 0 Å². The van der Waals surface area contributed by atoms with Crippen molar-refractivity contribution in [2.75, 3.05) is 28.7 Å². The zero-order chi connectivity index (χ0) is 24.9. The molecule has 3 aromatic rings. The lowest BCUT2D eigenvalue weighted by atomic mass is 10.3. The molecule has 1 heterocycles. The summed E-state index contributed by atoms with van der Waals surface area (Å²) in [7, 11) is -5.96. The van der Waals surface area contributed by atoms with Crippen molar-refractivity contribution in [2.24, 2.45) is 0 Å². The molecular weight excluding hydrogens is 532 g/mol. The Morgan fingerprint density at radius 3 is 2.26 bits per heavy atom. The molecule has 0 fully saturated rings. The lowest BCUT2D eigenvalue weighted by molar-refractivity contribution is 0.327. The second kappa shape index (κ2) is 11.1. The van der Waals surface area contributed by atoms with Crippen molar-refractivity contribution in [3.8, 4) is 0 Å². The molecule has 0 bridgehead atoms. The fourth-order valence-corrected chi connectivity index (χ4v) is 4.64. The third-order valence-electron chi connectivity index (χ3n) is 3.96. The average molecular weight is 549 g/mol. The average Bonchev–Trinajstić information content (AvgIpc) is 2.72. The first-order valence-corrected chi connectivity index (χ1v) is 13.2. The van der Waals surface area contributed by atoms with Crippen molar-refractivity contribution < 1.29 is 30.1 Å². The van der Waals surface area contributed by atoms with Crippen LogP contribution in [0.4, 0.5) is 29.0 Å². The third kappa shape index (κ3) is 7.39.